The van der Waals surface area contributed by atoms with Gasteiger partial charge in [0.2, 0.25) is 0 Å². The molecule has 0 nitrogen and oxygen atoms in total. The van der Waals surface area contributed by atoms with Crippen molar-refractivity contribution >= 4 is 10.2 Å². The maximum atomic E-state index is 10.7. The molecule has 0 fully saturated rings. The molecule has 0 aliphatic rings. The van der Waals surface area contributed by atoms with E-state index in [-0.39, 0.29) is 0 Å². The zero-order valence-electron chi connectivity index (χ0n) is 2.09. The van der Waals surface area contributed by atoms with E-state index >= 15 is 0 Å². The van der Waals surface area contributed by atoms with Gasteiger partial charge in [-0.05, 0) is 0 Å². The number of hydrogen-bond donors (Lipinski definition) is 0. The van der Waals surface area contributed by atoms with Gasteiger partial charge in [0, 0.05) is 0 Å². The third-order valence-corrected chi connectivity index (χ3v) is 0. The molecule has 0 aliphatic carbocycles. The lowest BCUT2D eigenvalue weighted by Crippen LogP contribution is -1.53. The highest BCUT2D eigenvalue weighted by molar-refractivity contribution is 6.19. The molecule has 3 radical (unpaired) electrons. The molecular formula is C2H2FSi. The molecular weight excluding hydrogens is 71.1 g/mol. The Morgan fingerprint density at radius 3 is 2.00 bits per heavy atom. The van der Waals surface area contributed by atoms with Gasteiger partial charge in [-0.3, -0.25) is 0 Å². The van der Waals surface area contributed by atoms with Gasteiger partial charge in [0.05, 0.1) is 5.45 Å². The molecule has 0 aromatic rings. The first-order valence-electron chi connectivity index (χ1n) is 0.793. The quantitative estimate of drug-likeness (QED) is 0.368. The van der Waals surface area contributed by atoms with Gasteiger partial charge in [-0.25, -0.2) is 4.39 Å². The van der Waals surface area contributed by atoms with E-state index in [1.54, 1.807) is 0 Å². The van der Waals surface area contributed by atoms with E-state index in [4.69, 9.17) is 0 Å². The maximum Gasteiger partial charge on any atom is 0.114 e. The van der Waals surface area contributed by atoms with E-state index < -0.39 is 5.45 Å². The highest BCUT2D eigenvalue weighted by Crippen LogP contribution is 1.72. The monoisotopic (exact) mass is 73.0 g/mol. The Labute approximate surface area is 27.8 Å². The predicted octanol–water partition coefficient (Wildman–Crippen LogP) is 0.596. The lowest BCUT2D eigenvalue weighted by Gasteiger charge is -1.58. The summed E-state index contributed by atoms with van der Waals surface area (Å²) in [6.45, 7) is 2.80. The molecule has 0 atom stereocenters. The fraction of sp³-hybridized carbons (Fsp3) is 0. The standard InChI is InChI=1S/C2H2FSi/c1-2(3)4/h1H2. The minimum Gasteiger partial charge on any atom is -0.219 e. The van der Waals surface area contributed by atoms with Gasteiger partial charge in [-0.2, -0.15) is 0 Å². The molecule has 0 aliphatic heterocycles. The van der Waals surface area contributed by atoms with Crippen molar-refractivity contribution in [1.82, 2.24) is 0 Å². The summed E-state index contributed by atoms with van der Waals surface area (Å²) >= 11 is 0. The fourth-order valence-corrected chi connectivity index (χ4v) is 0. The minimum atomic E-state index is -0.528. The molecule has 2 heteroatoms. The molecule has 0 heterocycles. The van der Waals surface area contributed by atoms with Crippen LogP contribution in [0.15, 0.2) is 12.0 Å². The number of rotatable bonds is 0. The Kier molecular flexibility index (Phi) is 1.20. The van der Waals surface area contributed by atoms with E-state index in [1.165, 1.54) is 0 Å². The lowest BCUT2D eigenvalue weighted by molar-refractivity contribution is 0.698. The van der Waals surface area contributed by atoms with Crippen molar-refractivity contribution < 1.29 is 4.39 Å². The molecule has 0 spiro atoms. The molecule has 0 saturated heterocycles. The van der Waals surface area contributed by atoms with Gasteiger partial charge in [-0.15, -0.1) is 0 Å². The number of hydrogen-bond acceptors (Lipinski definition) is 0. The van der Waals surface area contributed by atoms with Crippen molar-refractivity contribution in [2.75, 3.05) is 0 Å². The van der Waals surface area contributed by atoms with Crippen LogP contribution < -0.4 is 0 Å². The van der Waals surface area contributed by atoms with E-state index in [0.29, 0.717) is 0 Å². The molecule has 0 saturated carbocycles. The Hall–Kier alpha value is -0.113. The van der Waals surface area contributed by atoms with Gasteiger partial charge in [-0.1, -0.05) is 6.58 Å². The largest absolute Gasteiger partial charge is 0.219 e. The first-order valence-corrected chi connectivity index (χ1v) is 1.29. The van der Waals surface area contributed by atoms with Gasteiger partial charge in [0.15, 0.2) is 0 Å². The van der Waals surface area contributed by atoms with Crippen LogP contribution in [0.2, 0.25) is 0 Å². The Bertz CT molecular complexity index is 29.0. The Morgan fingerprint density at radius 2 is 2.00 bits per heavy atom. The number of halogens is 1. The molecule has 0 aromatic heterocycles. The van der Waals surface area contributed by atoms with Crippen LogP contribution in [0.5, 0.6) is 0 Å². The van der Waals surface area contributed by atoms with Crippen molar-refractivity contribution in [1.29, 1.82) is 0 Å². The highest BCUT2D eigenvalue weighted by Gasteiger charge is 1.59. The average molecular weight is 73.1 g/mol. The van der Waals surface area contributed by atoms with Crippen molar-refractivity contribution in [3.8, 4) is 0 Å². The third-order valence-electron chi connectivity index (χ3n) is 0. The SMILES string of the molecule is C=C(F)[Si]. The van der Waals surface area contributed by atoms with E-state index in [0.717, 1.165) is 0 Å². The van der Waals surface area contributed by atoms with Crippen LogP contribution in [0.25, 0.3) is 0 Å². The summed E-state index contributed by atoms with van der Waals surface area (Å²) < 4.78 is 10.7. The maximum absolute atomic E-state index is 10.7. The van der Waals surface area contributed by atoms with Gasteiger partial charge >= 0.3 is 0 Å². The smallest absolute Gasteiger partial charge is 0.114 e. The first-order chi connectivity index (χ1) is 1.73. The molecule has 0 amide bonds. The highest BCUT2D eigenvalue weighted by atomic mass is 28.1. The van der Waals surface area contributed by atoms with E-state index in [1.807, 2.05) is 0 Å². The van der Waals surface area contributed by atoms with E-state index in [9.17, 15) is 4.39 Å². The van der Waals surface area contributed by atoms with Crippen LogP contribution in [0.3, 0.4) is 0 Å². The average Bonchev–Trinajstić information content (AvgIpc) is 0.811. The second-order valence-corrected chi connectivity index (χ2v) is 0.947. The van der Waals surface area contributed by atoms with Gasteiger partial charge in [0.25, 0.3) is 0 Å². The topological polar surface area (TPSA) is 0 Å². The summed E-state index contributed by atoms with van der Waals surface area (Å²) in [6, 6.07) is 0. The van der Waals surface area contributed by atoms with E-state index in [2.05, 4.69) is 16.8 Å². The van der Waals surface area contributed by atoms with Crippen molar-refractivity contribution in [2.45, 2.75) is 0 Å². The van der Waals surface area contributed by atoms with Crippen LogP contribution in [0, 0.1) is 0 Å². The van der Waals surface area contributed by atoms with Gasteiger partial charge in [0.1, 0.15) is 10.2 Å². The van der Waals surface area contributed by atoms with Crippen molar-refractivity contribution in [2.24, 2.45) is 0 Å². The van der Waals surface area contributed by atoms with Gasteiger partial charge < -0.3 is 0 Å². The van der Waals surface area contributed by atoms with Crippen molar-refractivity contribution in [3.05, 3.63) is 12.0 Å². The normalized spacial score (nSPS) is 6.50. The first kappa shape index (κ1) is 3.89. The summed E-state index contributed by atoms with van der Waals surface area (Å²) in [5, 5.41) is 0. The molecule has 0 aromatic carbocycles. The van der Waals surface area contributed by atoms with Crippen LogP contribution in [-0.4, -0.2) is 10.2 Å². The second kappa shape index (κ2) is 1.23. The zero-order chi connectivity index (χ0) is 3.58. The van der Waals surface area contributed by atoms with Crippen LogP contribution in [0.1, 0.15) is 0 Å². The zero-order valence-corrected chi connectivity index (χ0v) is 3.09. The summed E-state index contributed by atoms with van der Waals surface area (Å²) in [5.74, 6) is 0. The summed E-state index contributed by atoms with van der Waals surface area (Å²) in [5.41, 5.74) is -0.528. The molecule has 4 heavy (non-hydrogen) atoms. The second-order valence-electron chi connectivity index (χ2n) is 0.405. The summed E-state index contributed by atoms with van der Waals surface area (Å²) in [6.07, 6.45) is 0. The van der Waals surface area contributed by atoms with Crippen LogP contribution in [0.4, 0.5) is 4.39 Å². The molecule has 0 unspecified atom stereocenters. The molecule has 0 rings (SSSR count). The third kappa shape index (κ3) is 116. The summed E-state index contributed by atoms with van der Waals surface area (Å²) in [7, 11) is 2.45. The lowest BCUT2D eigenvalue weighted by atomic mass is 11.2. The fourth-order valence-electron chi connectivity index (χ4n) is 0. The summed E-state index contributed by atoms with van der Waals surface area (Å²) in [4.78, 5) is 0. The van der Waals surface area contributed by atoms with Crippen molar-refractivity contribution in [3.63, 3.8) is 0 Å². The Morgan fingerprint density at radius 1 is 2.00 bits per heavy atom. The molecule has 0 bridgehead atoms. The molecule has 21 valence electrons. The molecule has 0 N–H and O–H groups in total. The van der Waals surface area contributed by atoms with Crippen LogP contribution >= 0.6 is 0 Å². The van der Waals surface area contributed by atoms with Crippen LogP contribution in [-0.2, 0) is 0 Å². The predicted molar refractivity (Wildman–Crippen MR) is 16.0 cm³/mol. The Balaban J connectivity index is 2.80. The minimum absolute atomic E-state index is 0.528.